The molecule has 21 heavy (non-hydrogen) atoms. The van der Waals surface area contributed by atoms with Gasteiger partial charge < -0.3 is 15.0 Å². The van der Waals surface area contributed by atoms with Crippen molar-refractivity contribution >= 4 is 11.8 Å². The predicted octanol–water partition coefficient (Wildman–Crippen LogP) is 1.75. The average molecular weight is 292 g/mol. The molecule has 0 aliphatic rings. The molecule has 1 aromatic rings. The first-order chi connectivity index (χ1) is 9.93. The van der Waals surface area contributed by atoms with Crippen LogP contribution >= 0.6 is 0 Å². The molecule has 0 saturated carbocycles. The molecule has 1 aromatic carbocycles. The summed E-state index contributed by atoms with van der Waals surface area (Å²) in [6.07, 6.45) is 0. The minimum Gasteiger partial charge on any atom is -0.484 e. The lowest BCUT2D eigenvalue weighted by Crippen LogP contribution is -2.44. The Hall–Kier alpha value is -2.04. The summed E-state index contributed by atoms with van der Waals surface area (Å²) in [7, 11) is 0. The van der Waals surface area contributed by atoms with Gasteiger partial charge in [0.1, 0.15) is 5.75 Å². The Bertz CT molecular complexity index is 486. The van der Waals surface area contributed by atoms with Crippen LogP contribution in [0.4, 0.5) is 0 Å². The molecular weight excluding hydrogens is 268 g/mol. The molecule has 0 aliphatic heterocycles. The third-order valence-electron chi connectivity index (χ3n) is 2.96. The standard InChI is InChI=1S/C16H24N2O3/c1-5-18(10-15(19)17-12(2)3)16(20)11-21-14-9-7-6-8-13(14)4/h6-9,12H,5,10-11H2,1-4H3,(H,17,19). The Balaban J connectivity index is 2.52. The molecule has 0 unspecified atom stereocenters. The van der Waals surface area contributed by atoms with Crippen molar-refractivity contribution in [2.24, 2.45) is 0 Å². The van der Waals surface area contributed by atoms with Crippen molar-refractivity contribution in [2.75, 3.05) is 19.7 Å². The molecule has 0 spiro atoms. The first-order valence-corrected chi connectivity index (χ1v) is 7.19. The van der Waals surface area contributed by atoms with Gasteiger partial charge in [-0.25, -0.2) is 0 Å². The number of nitrogens with zero attached hydrogens (tertiary/aromatic N) is 1. The molecule has 2 amide bonds. The molecule has 0 aliphatic carbocycles. The van der Waals surface area contributed by atoms with Gasteiger partial charge in [0.2, 0.25) is 5.91 Å². The molecule has 0 atom stereocenters. The van der Waals surface area contributed by atoms with Crippen molar-refractivity contribution in [3.8, 4) is 5.75 Å². The third kappa shape index (κ3) is 5.85. The molecule has 0 heterocycles. The first kappa shape index (κ1) is 17.0. The number of aryl methyl sites for hydroxylation is 1. The van der Waals surface area contributed by atoms with Crippen LogP contribution in [0.5, 0.6) is 5.75 Å². The van der Waals surface area contributed by atoms with Gasteiger partial charge >= 0.3 is 0 Å². The highest BCUT2D eigenvalue weighted by atomic mass is 16.5. The number of likely N-dealkylation sites (N-methyl/N-ethyl adjacent to an activating group) is 1. The number of ether oxygens (including phenoxy) is 1. The summed E-state index contributed by atoms with van der Waals surface area (Å²) in [5, 5.41) is 2.77. The average Bonchev–Trinajstić information content (AvgIpc) is 2.42. The van der Waals surface area contributed by atoms with Crippen molar-refractivity contribution in [3.05, 3.63) is 29.8 Å². The van der Waals surface area contributed by atoms with Gasteiger partial charge in [-0.1, -0.05) is 18.2 Å². The molecule has 1 N–H and O–H groups in total. The Kier molecular flexibility index (Phi) is 6.72. The smallest absolute Gasteiger partial charge is 0.260 e. The van der Waals surface area contributed by atoms with Gasteiger partial charge in [0.05, 0.1) is 6.54 Å². The van der Waals surface area contributed by atoms with E-state index in [1.807, 2.05) is 52.0 Å². The highest BCUT2D eigenvalue weighted by molar-refractivity contribution is 5.85. The lowest BCUT2D eigenvalue weighted by molar-refractivity contribution is -0.137. The van der Waals surface area contributed by atoms with E-state index < -0.39 is 0 Å². The highest BCUT2D eigenvalue weighted by Gasteiger charge is 2.16. The fourth-order valence-electron chi connectivity index (χ4n) is 1.87. The van der Waals surface area contributed by atoms with E-state index in [0.717, 1.165) is 5.56 Å². The van der Waals surface area contributed by atoms with Crippen molar-refractivity contribution in [1.82, 2.24) is 10.2 Å². The van der Waals surface area contributed by atoms with Crippen LogP contribution in [0.15, 0.2) is 24.3 Å². The Morgan fingerprint density at radius 3 is 2.52 bits per heavy atom. The van der Waals surface area contributed by atoms with E-state index in [1.165, 1.54) is 4.90 Å². The summed E-state index contributed by atoms with van der Waals surface area (Å²) >= 11 is 0. The SMILES string of the molecule is CCN(CC(=O)NC(C)C)C(=O)COc1ccccc1C. The zero-order valence-corrected chi connectivity index (χ0v) is 13.2. The van der Waals surface area contributed by atoms with Crippen LogP contribution in [0.1, 0.15) is 26.3 Å². The third-order valence-corrected chi connectivity index (χ3v) is 2.96. The molecule has 5 nitrogen and oxygen atoms in total. The van der Waals surface area contributed by atoms with Gasteiger partial charge in [0, 0.05) is 12.6 Å². The molecule has 0 bridgehead atoms. The monoisotopic (exact) mass is 292 g/mol. The van der Waals surface area contributed by atoms with E-state index in [4.69, 9.17) is 4.74 Å². The molecule has 0 saturated heterocycles. The summed E-state index contributed by atoms with van der Waals surface area (Å²) in [6, 6.07) is 7.59. The largest absolute Gasteiger partial charge is 0.484 e. The molecular formula is C16H24N2O3. The Morgan fingerprint density at radius 1 is 1.29 bits per heavy atom. The normalized spacial score (nSPS) is 10.3. The van der Waals surface area contributed by atoms with E-state index in [9.17, 15) is 9.59 Å². The molecule has 0 aromatic heterocycles. The van der Waals surface area contributed by atoms with Gasteiger partial charge in [-0.15, -0.1) is 0 Å². The number of hydrogen-bond donors (Lipinski definition) is 1. The first-order valence-electron chi connectivity index (χ1n) is 7.19. The number of amides is 2. The van der Waals surface area contributed by atoms with Gasteiger partial charge in [0.15, 0.2) is 6.61 Å². The summed E-state index contributed by atoms with van der Waals surface area (Å²) in [5.41, 5.74) is 0.978. The zero-order valence-electron chi connectivity index (χ0n) is 13.2. The lowest BCUT2D eigenvalue weighted by Gasteiger charge is -2.21. The molecule has 5 heteroatoms. The number of benzene rings is 1. The second-order valence-corrected chi connectivity index (χ2v) is 5.18. The molecule has 1 rings (SSSR count). The zero-order chi connectivity index (χ0) is 15.8. The van der Waals surface area contributed by atoms with E-state index in [1.54, 1.807) is 0 Å². The van der Waals surface area contributed by atoms with E-state index in [-0.39, 0.29) is 31.0 Å². The van der Waals surface area contributed by atoms with Gasteiger partial charge in [-0.2, -0.15) is 0 Å². The summed E-state index contributed by atoms with van der Waals surface area (Å²) in [5.74, 6) is 0.337. The van der Waals surface area contributed by atoms with Crippen LogP contribution in [0, 0.1) is 6.92 Å². The van der Waals surface area contributed by atoms with Crippen LogP contribution in [-0.4, -0.2) is 42.5 Å². The summed E-state index contributed by atoms with van der Waals surface area (Å²) < 4.78 is 5.52. The predicted molar refractivity (Wildman–Crippen MR) is 82.2 cm³/mol. The van der Waals surface area contributed by atoms with Gasteiger partial charge in [0.25, 0.3) is 5.91 Å². The lowest BCUT2D eigenvalue weighted by atomic mass is 10.2. The van der Waals surface area contributed by atoms with Gasteiger partial charge in [-0.3, -0.25) is 9.59 Å². The maximum absolute atomic E-state index is 12.1. The molecule has 0 radical (unpaired) electrons. The van der Waals surface area contributed by atoms with Crippen LogP contribution in [0.25, 0.3) is 0 Å². The molecule has 0 fully saturated rings. The number of para-hydroxylation sites is 1. The summed E-state index contributed by atoms with van der Waals surface area (Å²) in [6.45, 7) is 8.01. The fourth-order valence-corrected chi connectivity index (χ4v) is 1.87. The van der Waals surface area contributed by atoms with Crippen LogP contribution in [0.3, 0.4) is 0 Å². The van der Waals surface area contributed by atoms with E-state index in [0.29, 0.717) is 12.3 Å². The quantitative estimate of drug-likeness (QED) is 0.833. The van der Waals surface area contributed by atoms with Gasteiger partial charge in [-0.05, 0) is 39.3 Å². The van der Waals surface area contributed by atoms with Crippen molar-refractivity contribution in [3.63, 3.8) is 0 Å². The van der Waals surface area contributed by atoms with E-state index >= 15 is 0 Å². The van der Waals surface area contributed by atoms with Crippen LogP contribution in [-0.2, 0) is 9.59 Å². The number of rotatable bonds is 7. The second-order valence-electron chi connectivity index (χ2n) is 5.18. The number of carbonyl (C=O) groups is 2. The van der Waals surface area contributed by atoms with Crippen LogP contribution in [0.2, 0.25) is 0 Å². The maximum Gasteiger partial charge on any atom is 0.260 e. The summed E-state index contributed by atoms with van der Waals surface area (Å²) in [4.78, 5) is 25.3. The minimum atomic E-state index is -0.195. The fraction of sp³-hybridized carbons (Fsp3) is 0.500. The topological polar surface area (TPSA) is 58.6 Å². The molecule has 116 valence electrons. The highest BCUT2D eigenvalue weighted by Crippen LogP contribution is 2.16. The second kappa shape index (κ2) is 8.29. The van der Waals surface area contributed by atoms with Crippen molar-refractivity contribution in [1.29, 1.82) is 0 Å². The number of hydrogen-bond acceptors (Lipinski definition) is 3. The number of nitrogens with one attached hydrogen (secondary N) is 1. The maximum atomic E-state index is 12.1. The Labute approximate surface area is 126 Å². The Morgan fingerprint density at radius 2 is 1.95 bits per heavy atom. The van der Waals surface area contributed by atoms with Crippen molar-refractivity contribution in [2.45, 2.75) is 33.7 Å². The number of carbonyl (C=O) groups excluding carboxylic acids is 2. The van der Waals surface area contributed by atoms with Crippen LogP contribution < -0.4 is 10.1 Å². The van der Waals surface area contributed by atoms with Crippen molar-refractivity contribution < 1.29 is 14.3 Å². The minimum absolute atomic E-state index is 0.0602. The van der Waals surface area contributed by atoms with E-state index in [2.05, 4.69) is 5.32 Å².